The molecule has 0 saturated heterocycles. The van der Waals surface area contributed by atoms with E-state index in [4.69, 9.17) is 9.97 Å². The first-order chi connectivity index (χ1) is 20.8. The van der Waals surface area contributed by atoms with Gasteiger partial charge in [0.2, 0.25) is 0 Å². The average Bonchev–Trinajstić information content (AvgIpc) is 3.08. The van der Waals surface area contributed by atoms with E-state index in [9.17, 15) is 0 Å². The van der Waals surface area contributed by atoms with E-state index >= 15 is 0 Å². The Kier molecular flexibility index (Phi) is 4.93. The molecule has 0 aliphatic rings. The van der Waals surface area contributed by atoms with Gasteiger partial charge < -0.3 is 0 Å². The zero-order valence-corrected chi connectivity index (χ0v) is 22.8. The van der Waals surface area contributed by atoms with Crippen molar-refractivity contribution in [3.05, 3.63) is 146 Å². The number of aromatic nitrogens is 2. The highest BCUT2D eigenvalue weighted by Crippen LogP contribution is 2.38. The normalized spacial score (nSPS) is 11.8. The van der Waals surface area contributed by atoms with E-state index in [2.05, 4.69) is 140 Å². The number of rotatable bonds is 2. The van der Waals surface area contributed by atoms with Gasteiger partial charge in [-0.25, -0.2) is 4.98 Å². The van der Waals surface area contributed by atoms with Crippen LogP contribution in [-0.4, -0.2) is 9.97 Å². The van der Waals surface area contributed by atoms with Crippen molar-refractivity contribution in [2.24, 2.45) is 0 Å². The van der Waals surface area contributed by atoms with Crippen molar-refractivity contribution in [3.8, 4) is 22.4 Å². The fourth-order valence-electron chi connectivity index (χ4n) is 6.71. The van der Waals surface area contributed by atoms with Crippen molar-refractivity contribution >= 4 is 64.9 Å². The molecular formula is C40H24N2. The molecule has 0 radical (unpaired) electrons. The lowest BCUT2D eigenvalue weighted by Crippen LogP contribution is -1.92. The van der Waals surface area contributed by atoms with Crippen molar-refractivity contribution < 1.29 is 0 Å². The van der Waals surface area contributed by atoms with E-state index < -0.39 is 0 Å². The number of hydrogen-bond acceptors (Lipinski definition) is 2. The molecule has 0 aliphatic carbocycles. The summed E-state index contributed by atoms with van der Waals surface area (Å²) in [5, 5.41) is 12.4. The van der Waals surface area contributed by atoms with Crippen molar-refractivity contribution in [1.82, 2.24) is 9.97 Å². The van der Waals surface area contributed by atoms with E-state index in [1.165, 1.54) is 48.7 Å². The van der Waals surface area contributed by atoms with Gasteiger partial charge in [-0.3, -0.25) is 4.98 Å². The fraction of sp³-hybridized carbons (Fsp3) is 0. The second-order valence-electron chi connectivity index (χ2n) is 11.0. The van der Waals surface area contributed by atoms with Gasteiger partial charge in [0.25, 0.3) is 0 Å². The van der Waals surface area contributed by atoms with Crippen LogP contribution in [-0.2, 0) is 0 Å². The average molecular weight is 533 g/mol. The van der Waals surface area contributed by atoms with Crippen molar-refractivity contribution in [2.75, 3.05) is 0 Å². The summed E-state index contributed by atoms with van der Waals surface area (Å²) in [5.74, 6) is 0. The maximum Gasteiger partial charge on any atom is 0.0979 e. The molecule has 194 valence electrons. The van der Waals surface area contributed by atoms with Crippen LogP contribution in [0.4, 0.5) is 0 Å². The van der Waals surface area contributed by atoms with Gasteiger partial charge in [-0.1, -0.05) is 127 Å². The molecule has 2 heteroatoms. The molecule has 0 unspecified atom stereocenters. The first kappa shape index (κ1) is 23.1. The third kappa shape index (κ3) is 3.39. The van der Waals surface area contributed by atoms with Gasteiger partial charge in [-0.05, 0) is 66.3 Å². The van der Waals surface area contributed by atoms with E-state index in [0.29, 0.717) is 0 Å². The third-order valence-corrected chi connectivity index (χ3v) is 8.66. The number of fused-ring (bicyclic) bond motifs is 12. The van der Waals surface area contributed by atoms with Crippen LogP contribution in [0.5, 0.6) is 0 Å². The standard InChI is InChI=1S/C40H24N2/c1-2-14-30-28(12-1)29-13-3-4-17-33(29)37-23-26(20-21-34(30)37)25-10-9-11-27(22-25)38-24-41-39-35-18-7-5-15-31(35)32-16-6-8-19-36(32)40(39)42-38/h1-24H. The molecule has 0 amide bonds. The number of nitrogens with zero attached hydrogens (tertiary/aromatic N) is 2. The molecule has 0 N–H and O–H groups in total. The second-order valence-corrected chi connectivity index (χ2v) is 11.0. The minimum absolute atomic E-state index is 0.877. The number of hydrogen-bond donors (Lipinski definition) is 0. The fourth-order valence-corrected chi connectivity index (χ4v) is 6.71. The van der Waals surface area contributed by atoms with Crippen LogP contribution in [0.2, 0.25) is 0 Å². The van der Waals surface area contributed by atoms with Crippen LogP contribution in [0.3, 0.4) is 0 Å². The molecule has 0 atom stereocenters. The lowest BCUT2D eigenvalue weighted by molar-refractivity contribution is 1.31. The van der Waals surface area contributed by atoms with E-state index in [1.54, 1.807) is 0 Å². The molecule has 1 aromatic heterocycles. The lowest BCUT2D eigenvalue weighted by atomic mass is 9.92. The maximum absolute atomic E-state index is 5.22. The molecule has 0 fully saturated rings. The first-order valence-corrected chi connectivity index (χ1v) is 14.3. The summed E-state index contributed by atoms with van der Waals surface area (Å²) < 4.78 is 0. The predicted molar refractivity (Wildman–Crippen MR) is 178 cm³/mol. The highest BCUT2D eigenvalue weighted by atomic mass is 14.8. The lowest BCUT2D eigenvalue weighted by Gasteiger charge is -2.13. The van der Waals surface area contributed by atoms with Crippen LogP contribution in [0.1, 0.15) is 0 Å². The summed E-state index contributed by atoms with van der Waals surface area (Å²) in [5.41, 5.74) is 6.17. The van der Waals surface area contributed by atoms with Gasteiger partial charge in [0.1, 0.15) is 0 Å². The molecule has 0 bridgehead atoms. The summed E-state index contributed by atoms with van der Waals surface area (Å²) in [6.45, 7) is 0. The van der Waals surface area contributed by atoms with Crippen LogP contribution in [0, 0.1) is 0 Å². The predicted octanol–water partition coefficient (Wildman–Crippen LogP) is 10.7. The smallest absolute Gasteiger partial charge is 0.0979 e. The molecule has 1 heterocycles. The second kappa shape index (κ2) is 8.95. The molecule has 2 nitrogen and oxygen atoms in total. The van der Waals surface area contributed by atoms with Gasteiger partial charge >= 0.3 is 0 Å². The van der Waals surface area contributed by atoms with Crippen LogP contribution < -0.4 is 0 Å². The Balaban J connectivity index is 1.23. The van der Waals surface area contributed by atoms with Gasteiger partial charge in [0, 0.05) is 16.3 Å². The summed E-state index contributed by atoms with van der Waals surface area (Å²) in [6.07, 6.45) is 1.92. The monoisotopic (exact) mass is 532 g/mol. The summed E-state index contributed by atoms with van der Waals surface area (Å²) in [6, 6.07) is 50.0. The molecule has 0 saturated carbocycles. The summed E-state index contributed by atoms with van der Waals surface area (Å²) in [7, 11) is 0. The molecule has 9 rings (SSSR count). The van der Waals surface area contributed by atoms with Crippen LogP contribution >= 0.6 is 0 Å². The van der Waals surface area contributed by atoms with Gasteiger partial charge in [-0.15, -0.1) is 0 Å². The maximum atomic E-state index is 5.22. The Hall–Kier alpha value is -5.60. The molecule has 0 spiro atoms. The first-order valence-electron chi connectivity index (χ1n) is 14.3. The van der Waals surface area contributed by atoms with E-state index in [1.807, 2.05) is 6.20 Å². The van der Waals surface area contributed by atoms with Crippen molar-refractivity contribution in [1.29, 1.82) is 0 Å². The van der Waals surface area contributed by atoms with Crippen LogP contribution in [0.25, 0.3) is 87.3 Å². The Bertz CT molecular complexity index is 2280. The third-order valence-electron chi connectivity index (χ3n) is 8.66. The summed E-state index contributed by atoms with van der Waals surface area (Å²) >= 11 is 0. The molecule has 8 aromatic carbocycles. The number of benzene rings is 8. The molecule has 0 aliphatic heterocycles. The Labute approximate surface area is 242 Å². The largest absolute Gasteiger partial charge is 0.252 e. The summed E-state index contributed by atoms with van der Waals surface area (Å²) in [4.78, 5) is 10.2. The SMILES string of the molecule is c1cc(-c2ccc3c4ccccc4c4ccccc4c3c2)cc(-c2cnc3c4ccccc4c4ccccc4c3n2)c1. The van der Waals surface area contributed by atoms with Crippen molar-refractivity contribution in [2.45, 2.75) is 0 Å². The van der Waals surface area contributed by atoms with E-state index in [0.717, 1.165) is 38.6 Å². The van der Waals surface area contributed by atoms with Gasteiger partial charge in [0.05, 0.1) is 22.9 Å². The minimum Gasteiger partial charge on any atom is -0.252 e. The topological polar surface area (TPSA) is 25.8 Å². The zero-order valence-electron chi connectivity index (χ0n) is 22.8. The van der Waals surface area contributed by atoms with Crippen LogP contribution in [0.15, 0.2) is 146 Å². The zero-order chi connectivity index (χ0) is 27.6. The van der Waals surface area contributed by atoms with Crippen molar-refractivity contribution in [3.63, 3.8) is 0 Å². The van der Waals surface area contributed by atoms with Gasteiger partial charge in [-0.2, -0.15) is 0 Å². The molecular weight excluding hydrogens is 508 g/mol. The Morgan fingerprint density at radius 1 is 0.310 bits per heavy atom. The Morgan fingerprint density at radius 3 is 1.38 bits per heavy atom. The highest BCUT2D eigenvalue weighted by Gasteiger charge is 2.13. The van der Waals surface area contributed by atoms with Gasteiger partial charge in [0.15, 0.2) is 0 Å². The minimum atomic E-state index is 0.877. The quantitative estimate of drug-likeness (QED) is 0.207. The highest BCUT2D eigenvalue weighted by molar-refractivity contribution is 6.26. The van der Waals surface area contributed by atoms with E-state index in [-0.39, 0.29) is 0 Å². The Morgan fingerprint density at radius 2 is 0.762 bits per heavy atom. The molecule has 9 aromatic rings. The molecule has 42 heavy (non-hydrogen) atoms.